The van der Waals surface area contributed by atoms with Gasteiger partial charge in [-0.2, -0.15) is 0 Å². The summed E-state index contributed by atoms with van der Waals surface area (Å²) in [5.41, 5.74) is 1.59. The standard InChI is InChI=1S/C15H13Cl2NO/c16-12-6-4-11(5-7-12)15(19)8-9-18-14-3-1-2-13(17)10-14/h1-7,10,18H,8-9H2. The summed E-state index contributed by atoms with van der Waals surface area (Å²) in [6.07, 6.45) is 0.425. The predicted octanol–water partition coefficient (Wildman–Crippen LogP) is 4.68. The summed E-state index contributed by atoms with van der Waals surface area (Å²) in [6.45, 7) is 0.571. The molecular weight excluding hydrogens is 281 g/mol. The maximum absolute atomic E-state index is 11.9. The van der Waals surface area contributed by atoms with Crippen molar-refractivity contribution in [3.05, 3.63) is 64.1 Å². The highest BCUT2D eigenvalue weighted by Crippen LogP contribution is 2.15. The second-order valence-corrected chi connectivity index (χ2v) is 4.99. The van der Waals surface area contributed by atoms with E-state index < -0.39 is 0 Å². The highest BCUT2D eigenvalue weighted by molar-refractivity contribution is 6.31. The van der Waals surface area contributed by atoms with Crippen molar-refractivity contribution in [1.82, 2.24) is 0 Å². The minimum atomic E-state index is 0.0891. The molecule has 0 spiro atoms. The van der Waals surface area contributed by atoms with Gasteiger partial charge in [0.2, 0.25) is 0 Å². The Kier molecular flexibility index (Phi) is 4.83. The normalized spacial score (nSPS) is 10.2. The third-order valence-corrected chi connectivity index (χ3v) is 3.16. The van der Waals surface area contributed by atoms with Crippen LogP contribution < -0.4 is 5.32 Å². The fourth-order valence-corrected chi connectivity index (χ4v) is 2.02. The van der Waals surface area contributed by atoms with Gasteiger partial charge in [0, 0.05) is 34.3 Å². The number of benzene rings is 2. The predicted molar refractivity (Wildman–Crippen MR) is 80.3 cm³/mol. The van der Waals surface area contributed by atoms with Crippen LogP contribution in [0.1, 0.15) is 16.8 Å². The van der Waals surface area contributed by atoms with Crippen LogP contribution in [0.15, 0.2) is 48.5 Å². The summed E-state index contributed by atoms with van der Waals surface area (Å²) >= 11 is 11.7. The molecule has 2 aromatic carbocycles. The summed E-state index contributed by atoms with van der Waals surface area (Å²) in [4.78, 5) is 11.9. The molecule has 0 aliphatic heterocycles. The average molecular weight is 294 g/mol. The second kappa shape index (κ2) is 6.60. The van der Waals surface area contributed by atoms with Crippen molar-refractivity contribution in [2.24, 2.45) is 0 Å². The van der Waals surface area contributed by atoms with Crippen molar-refractivity contribution >= 4 is 34.7 Å². The van der Waals surface area contributed by atoms with E-state index in [9.17, 15) is 4.79 Å². The number of anilines is 1. The molecule has 0 aromatic heterocycles. The maximum atomic E-state index is 11.9. The van der Waals surface area contributed by atoms with Gasteiger partial charge in [0.15, 0.2) is 5.78 Å². The molecule has 0 unspecified atom stereocenters. The van der Waals surface area contributed by atoms with Gasteiger partial charge in [-0.3, -0.25) is 4.79 Å². The highest BCUT2D eigenvalue weighted by Gasteiger charge is 2.05. The molecule has 4 heteroatoms. The third kappa shape index (κ3) is 4.27. The quantitative estimate of drug-likeness (QED) is 0.811. The first-order valence-corrected chi connectivity index (χ1v) is 6.69. The number of hydrogen-bond donors (Lipinski definition) is 1. The summed E-state index contributed by atoms with van der Waals surface area (Å²) in [5, 5.41) is 4.47. The van der Waals surface area contributed by atoms with E-state index in [0.717, 1.165) is 5.69 Å². The third-order valence-electron chi connectivity index (χ3n) is 2.67. The molecule has 0 saturated carbocycles. The smallest absolute Gasteiger partial charge is 0.164 e. The molecular formula is C15H13Cl2NO. The van der Waals surface area contributed by atoms with Gasteiger partial charge in [-0.25, -0.2) is 0 Å². The maximum Gasteiger partial charge on any atom is 0.164 e. The van der Waals surface area contributed by atoms with Crippen LogP contribution in [-0.2, 0) is 0 Å². The van der Waals surface area contributed by atoms with Crippen LogP contribution in [-0.4, -0.2) is 12.3 Å². The number of Topliss-reactive ketones (excluding diaryl/α,β-unsaturated/α-hetero) is 1. The number of nitrogens with one attached hydrogen (secondary N) is 1. The molecule has 0 amide bonds. The minimum absolute atomic E-state index is 0.0891. The number of halogens is 2. The van der Waals surface area contributed by atoms with Crippen LogP contribution >= 0.6 is 23.2 Å². The summed E-state index contributed by atoms with van der Waals surface area (Å²) in [5.74, 6) is 0.0891. The number of carbonyl (C=O) groups excluding carboxylic acids is 1. The monoisotopic (exact) mass is 293 g/mol. The van der Waals surface area contributed by atoms with E-state index in [-0.39, 0.29) is 5.78 Å². The summed E-state index contributed by atoms with van der Waals surface area (Å²) in [7, 11) is 0. The Morgan fingerprint density at radius 3 is 2.42 bits per heavy atom. The fraction of sp³-hybridized carbons (Fsp3) is 0.133. The summed E-state index contributed by atoms with van der Waals surface area (Å²) in [6, 6.07) is 14.3. The highest BCUT2D eigenvalue weighted by atomic mass is 35.5. The van der Waals surface area contributed by atoms with Crippen molar-refractivity contribution < 1.29 is 4.79 Å². The van der Waals surface area contributed by atoms with E-state index >= 15 is 0 Å². The Bertz CT molecular complexity index is 567. The van der Waals surface area contributed by atoms with Gasteiger partial charge in [0.25, 0.3) is 0 Å². The van der Waals surface area contributed by atoms with Crippen LogP contribution in [0.2, 0.25) is 10.0 Å². The van der Waals surface area contributed by atoms with Crippen molar-refractivity contribution in [2.75, 3.05) is 11.9 Å². The lowest BCUT2D eigenvalue weighted by Crippen LogP contribution is -2.08. The minimum Gasteiger partial charge on any atom is -0.385 e. The first kappa shape index (κ1) is 13.9. The molecule has 0 radical (unpaired) electrons. The van der Waals surface area contributed by atoms with Crippen LogP contribution in [0.5, 0.6) is 0 Å². The SMILES string of the molecule is O=C(CCNc1cccc(Cl)c1)c1ccc(Cl)cc1. The molecule has 0 aliphatic carbocycles. The molecule has 2 aromatic rings. The fourth-order valence-electron chi connectivity index (χ4n) is 1.70. The molecule has 0 heterocycles. The lowest BCUT2D eigenvalue weighted by atomic mass is 10.1. The van der Waals surface area contributed by atoms with E-state index in [1.54, 1.807) is 24.3 Å². The topological polar surface area (TPSA) is 29.1 Å². The molecule has 19 heavy (non-hydrogen) atoms. The molecule has 0 saturated heterocycles. The second-order valence-electron chi connectivity index (χ2n) is 4.12. The zero-order valence-corrected chi connectivity index (χ0v) is 11.7. The van der Waals surface area contributed by atoms with Crippen molar-refractivity contribution in [1.29, 1.82) is 0 Å². The van der Waals surface area contributed by atoms with Crippen molar-refractivity contribution in [2.45, 2.75) is 6.42 Å². The Morgan fingerprint density at radius 2 is 1.74 bits per heavy atom. The molecule has 2 nitrogen and oxygen atoms in total. The van der Waals surface area contributed by atoms with E-state index in [4.69, 9.17) is 23.2 Å². The lowest BCUT2D eigenvalue weighted by molar-refractivity contribution is 0.0986. The van der Waals surface area contributed by atoms with Crippen LogP contribution in [0.4, 0.5) is 5.69 Å². The molecule has 98 valence electrons. The van der Waals surface area contributed by atoms with Gasteiger partial charge in [-0.15, -0.1) is 0 Å². The van der Waals surface area contributed by atoms with Gasteiger partial charge < -0.3 is 5.32 Å². The largest absolute Gasteiger partial charge is 0.385 e. The van der Waals surface area contributed by atoms with E-state index in [2.05, 4.69) is 5.32 Å². The van der Waals surface area contributed by atoms with E-state index in [0.29, 0.717) is 28.6 Å². The number of rotatable bonds is 5. The van der Waals surface area contributed by atoms with Crippen LogP contribution in [0.3, 0.4) is 0 Å². The number of carbonyl (C=O) groups is 1. The van der Waals surface area contributed by atoms with Gasteiger partial charge in [-0.05, 0) is 42.5 Å². The Hall–Kier alpha value is -1.51. The first-order chi connectivity index (χ1) is 9.15. The molecule has 0 atom stereocenters. The Morgan fingerprint density at radius 1 is 1.00 bits per heavy atom. The van der Waals surface area contributed by atoms with Gasteiger partial charge in [-0.1, -0.05) is 29.3 Å². The van der Waals surface area contributed by atoms with Gasteiger partial charge in [0.05, 0.1) is 0 Å². The molecule has 0 fully saturated rings. The van der Waals surface area contributed by atoms with Gasteiger partial charge >= 0.3 is 0 Å². The molecule has 1 N–H and O–H groups in total. The molecule has 0 aliphatic rings. The lowest BCUT2D eigenvalue weighted by Gasteiger charge is -2.06. The van der Waals surface area contributed by atoms with Crippen molar-refractivity contribution in [3.8, 4) is 0 Å². The van der Waals surface area contributed by atoms with E-state index in [1.807, 2.05) is 24.3 Å². The zero-order valence-electron chi connectivity index (χ0n) is 10.2. The Balaban J connectivity index is 1.86. The molecule has 2 rings (SSSR count). The average Bonchev–Trinajstić information content (AvgIpc) is 2.39. The molecule has 0 bridgehead atoms. The first-order valence-electron chi connectivity index (χ1n) is 5.93. The van der Waals surface area contributed by atoms with Crippen molar-refractivity contribution in [3.63, 3.8) is 0 Å². The number of hydrogen-bond acceptors (Lipinski definition) is 2. The van der Waals surface area contributed by atoms with Crippen LogP contribution in [0.25, 0.3) is 0 Å². The van der Waals surface area contributed by atoms with Gasteiger partial charge in [0.1, 0.15) is 0 Å². The van der Waals surface area contributed by atoms with Crippen LogP contribution in [0, 0.1) is 0 Å². The Labute approximate surface area is 122 Å². The number of ketones is 1. The van der Waals surface area contributed by atoms with E-state index in [1.165, 1.54) is 0 Å². The zero-order chi connectivity index (χ0) is 13.7. The summed E-state index contributed by atoms with van der Waals surface area (Å²) < 4.78 is 0.